The number of aliphatic carboxylic acids is 1. The maximum absolute atomic E-state index is 12.7. The van der Waals surface area contributed by atoms with Crippen molar-refractivity contribution in [3.8, 4) is 5.75 Å². The summed E-state index contributed by atoms with van der Waals surface area (Å²) in [6, 6.07) is 12.3. The van der Waals surface area contributed by atoms with E-state index < -0.39 is 42.4 Å². The van der Waals surface area contributed by atoms with Gasteiger partial charge in [-0.2, -0.15) is 0 Å². The Balaban J connectivity index is 1.72. The zero-order valence-corrected chi connectivity index (χ0v) is 17.9. The first kappa shape index (κ1) is 24.3. The van der Waals surface area contributed by atoms with Crippen LogP contribution in [0.15, 0.2) is 58.9 Å². The second-order valence-corrected chi connectivity index (χ2v) is 7.85. The number of aliphatic hydroxyl groups excluding tert-OH is 4. The first-order valence-electron chi connectivity index (χ1n) is 10.1. The van der Waals surface area contributed by atoms with Gasteiger partial charge in [0.25, 0.3) is 0 Å². The average molecular weight is 459 g/mol. The molecule has 0 radical (unpaired) electrons. The Bertz CT molecular complexity index is 1010. The number of carboxylic acids is 1. The Morgan fingerprint density at radius 3 is 1.88 bits per heavy atom. The molecule has 6 atom stereocenters. The van der Waals surface area contributed by atoms with Crippen molar-refractivity contribution < 1.29 is 39.9 Å². The zero-order valence-electron chi connectivity index (χ0n) is 17.9. The summed E-state index contributed by atoms with van der Waals surface area (Å²) in [5.41, 5.74) is 1.35. The highest BCUT2D eigenvalue weighted by atomic mass is 16.5. The highest BCUT2D eigenvalue weighted by Gasteiger charge is 2.53. The van der Waals surface area contributed by atoms with Gasteiger partial charge in [0, 0.05) is 25.2 Å². The minimum absolute atomic E-state index is 0.127. The van der Waals surface area contributed by atoms with Gasteiger partial charge in [-0.3, -0.25) is 14.6 Å². The van der Waals surface area contributed by atoms with Crippen molar-refractivity contribution in [3.63, 3.8) is 0 Å². The van der Waals surface area contributed by atoms with Crippen LogP contribution in [0, 0.1) is 5.92 Å². The van der Waals surface area contributed by atoms with Crippen molar-refractivity contribution in [2.24, 2.45) is 16.3 Å². The number of rotatable bonds is 7. The van der Waals surface area contributed by atoms with Crippen LogP contribution in [0.5, 0.6) is 5.75 Å². The van der Waals surface area contributed by atoms with E-state index in [9.17, 15) is 35.1 Å². The molecular weight excluding hydrogens is 434 g/mol. The molecule has 5 N–H and O–H groups in total. The maximum atomic E-state index is 12.7. The van der Waals surface area contributed by atoms with Crippen molar-refractivity contribution in [3.05, 3.63) is 59.7 Å². The summed E-state index contributed by atoms with van der Waals surface area (Å²) in [7, 11) is 3.47. The molecule has 0 bridgehead atoms. The number of carboxylic acid groups (broad SMARTS) is 1. The SMILES string of the molecule is CN(C)N=Nc1ccc(C(=O)c2ccc(O[C@H]3C(O)[C@@H](C(=O)O)[C@H](O)[C@@H](O)[C@@H]3O)cc2)cc1. The monoisotopic (exact) mass is 459 g/mol. The van der Waals surface area contributed by atoms with E-state index in [2.05, 4.69) is 10.3 Å². The van der Waals surface area contributed by atoms with E-state index in [1.165, 1.54) is 24.3 Å². The number of hydrogen-bond donors (Lipinski definition) is 5. The molecular formula is C22H25N3O8. The van der Waals surface area contributed by atoms with Gasteiger partial charge in [0.2, 0.25) is 0 Å². The fourth-order valence-corrected chi connectivity index (χ4v) is 3.48. The van der Waals surface area contributed by atoms with E-state index in [4.69, 9.17) is 4.74 Å². The molecule has 1 aliphatic carbocycles. The number of nitrogens with zero attached hydrogens (tertiary/aromatic N) is 3. The number of ketones is 1. The predicted octanol–water partition coefficient (Wildman–Crippen LogP) is 0.383. The van der Waals surface area contributed by atoms with Gasteiger partial charge in [0.15, 0.2) is 11.9 Å². The number of benzene rings is 2. The third-order valence-electron chi connectivity index (χ3n) is 5.25. The van der Waals surface area contributed by atoms with Crippen molar-refractivity contribution in [1.82, 2.24) is 5.01 Å². The summed E-state index contributed by atoms with van der Waals surface area (Å²) in [4.78, 5) is 24.1. The summed E-state index contributed by atoms with van der Waals surface area (Å²) in [5.74, 6) is -3.42. The van der Waals surface area contributed by atoms with Gasteiger partial charge in [-0.1, -0.05) is 5.22 Å². The quantitative estimate of drug-likeness (QED) is 0.223. The molecule has 0 amide bonds. The molecule has 0 saturated heterocycles. The molecule has 11 heteroatoms. The van der Waals surface area contributed by atoms with Crippen molar-refractivity contribution in [2.45, 2.75) is 30.5 Å². The highest BCUT2D eigenvalue weighted by molar-refractivity contribution is 6.09. The van der Waals surface area contributed by atoms with Gasteiger partial charge in [0.05, 0.1) is 11.8 Å². The fraction of sp³-hybridized carbons (Fsp3) is 0.364. The summed E-state index contributed by atoms with van der Waals surface area (Å²) < 4.78 is 5.51. The van der Waals surface area contributed by atoms with Gasteiger partial charge in [-0.05, 0) is 48.5 Å². The van der Waals surface area contributed by atoms with E-state index in [-0.39, 0.29) is 11.5 Å². The maximum Gasteiger partial charge on any atom is 0.312 e. The van der Waals surface area contributed by atoms with Gasteiger partial charge in [0.1, 0.15) is 30.0 Å². The largest absolute Gasteiger partial charge is 0.485 e. The van der Waals surface area contributed by atoms with Gasteiger partial charge >= 0.3 is 5.97 Å². The first-order valence-corrected chi connectivity index (χ1v) is 10.1. The molecule has 0 aromatic heterocycles. The zero-order chi connectivity index (χ0) is 24.3. The smallest absolute Gasteiger partial charge is 0.312 e. The summed E-state index contributed by atoms with van der Waals surface area (Å²) >= 11 is 0. The Hall–Kier alpha value is -3.38. The second-order valence-electron chi connectivity index (χ2n) is 7.85. The molecule has 1 unspecified atom stereocenters. The van der Waals surface area contributed by atoms with Crippen molar-refractivity contribution >= 4 is 17.4 Å². The molecule has 11 nitrogen and oxygen atoms in total. The Morgan fingerprint density at radius 1 is 0.818 bits per heavy atom. The van der Waals surface area contributed by atoms with E-state index in [1.807, 2.05) is 0 Å². The molecule has 2 aromatic rings. The highest BCUT2D eigenvalue weighted by Crippen LogP contribution is 2.30. The molecule has 1 saturated carbocycles. The summed E-state index contributed by atoms with van der Waals surface area (Å²) in [6.07, 6.45) is -8.69. The topological polar surface area (TPSA) is 172 Å². The lowest BCUT2D eigenvalue weighted by molar-refractivity contribution is -0.206. The molecule has 3 rings (SSSR count). The molecule has 0 aliphatic heterocycles. The minimum atomic E-state index is -1.86. The van der Waals surface area contributed by atoms with Gasteiger partial charge in [-0.15, -0.1) is 5.11 Å². The number of carbonyl (C=O) groups is 2. The standard InChI is InChI=1S/C22H25N3O8/c1-25(2)24-23-13-7-3-11(4-8-13)16(26)12-5-9-14(10-6-12)33-21-18(28)15(22(31)32)17(27)19(29)20(21)30/h3-10,15,17-21,27-30H,1-2H3,(H,31,32)/t15-,17-,18?,19+,20-,21-/m0/s1. The van der Waals surface area contributed by atoms with Crippen LogP contribution in [0.1, 0.15) is 15.9 Å². The number of aliphatic hydroxyl groups is 4. The van der Waals surface area contributed by atoms with Crippen LogP contribution in [0.2, 0.25) is 0 Å². The molecule has 1 fully saturated rings. The average Bonchev–Trinajstić information content (AvgIpc) is 2.79. The predicted molar refractivity (Wildman–Crippen MR) is 114 cm³/mol. The Labute approximate surface area is 189 Å². The number of ether oxygens (including phenoxy) is 1. The van der Waals surface area contributed by atoms with Crippen LogP contribution >= 0.6 is 0 Å². The van der Waals surface area contributed by atoms with Crippen molar-refractivity contribution in [1.29, 1.82) is 0 Å². The second kappa shape index (κ2) is 10.0. The van der Waals surface area contributed by atoms with Crippen LogP contribution in [0.3, 0.4) is 0 Å². The lowest BCUT2D eigenvalue weighted by Gasteiger charge is -2.42. The van der Waals surface area contributed by atoms with Crippen molar-refractivity contribution in [2.75, 3.05) is 14.1 Å². The summed E-state index contributed by atoms with van der Waals surface area (Å²) in [5, 5.41) is 58.9. The van der Waals surface area contributed by atoms with Crippen LogP contribution in [0.25, 0.3) is 0 Å². The third kappa shape index (κ3) is 5.34. The van der Waals surface area contributed by atoms with E-state index >= 15 is 0 Å². The number of carbonyl (C=O) groups excluding carboxylic acids is 1. The lowest BCUT2D eigenvalue weighted by Crippen LogP contribution is -2.64. The van der Waals surface area contributed by atoms with Crippen LogP contribution in [-0.2, 0) is 4.79 Å². The van der Waals surface area contributed by atoms with Crippen LogP contribution in [0.4, 0.5) is 5.69 Å². The molecule has 176 valence electrons. The summed E-state index contributed by atoms with van der Waals surface area (Å²) in [6.45, 7) is 0. The van der Waals surface area contributed by atoms with E-state index in [1.54, 1.807) is 43.4 Å². The molecule has 0 spiro atoms. The minimum Gasteiger partial charge on any atom is -0.485 e. The molecule has 33 heavy (non-hydrogen) atoms. The van der Waals surface area contributed by atoms with E-state index in [0.29, 0.717) is 16.8 Å². The first-order chi connectivity index (χ1) is 15.6. The van der Waals surface area contributed by atoms with Gasteiger partial charge in [-0.25, -0.2) is 0 Å². The molecule has 2 aromatic carbocycles. The Morgan fingerprint density at radius 2 is 1.36 bits per heavy atom. The van der Waals surface area contributed by atoms with Gasteiger partial charge < -0.3 is 30.3 Å². The fourth-order valence-electron chi connectivity index (χ4n) is 3.48. The van der Waals surface area contributed by atoms with Crippen LogP contribution < -0.4 is 4.74 Å². The molecule has 0 heterocycles. The number of hydrogen-bond acceptors (Lipinski definition) is 9. The van der Waals surface area contributed by atoms with E-state index in [0.717, 1.165) is 0 Å². The molecule has 1 aliphatic rings. The Kier molecular flexibility index (Phi) is 7.39. The third-order valence-corrected chi connectivity index (χ3v) is 5.25. The van der Waals surface area contributed by atoms with Crippen LogP contribution in [-0.4, -0.2) is 86.9 Å². The lowest BCUT2D eigenvalue weighted by atomic mass is 9.78. The normalized spacial score (nSPS) is 27.3.